The average Bonchev–Trinajstić information content (AvgIpc) is 3.39. The lowest BCUT2D eigenvalue weighted by atomic mass is 9.87. The molecule has 0 saturated carbocycles. The van der Waals surface area contributed by atoms with Gasteiger partial charge in [-0.2, -0.15) is 0 Å². The largest absolute Gasteiger partial charge is 0.456 e. The van der Waals surface area contributed by atoms with Crippen molar-refractivity contribution in [3.8, 4) is 67.1 Å². The summed E-state index contributed by atoms with van der Waals surface area (Å²) in [7, 11) is 0. The fourth-order valence-corrected chi connectivity index (χ4v) is 7.88. The summed E-state index contributed by atoms with van der Waals surface area (Å²) in [5.41, 5.74) is 14.7. The first-order valence-electron chi connectivity index (χ1n) is 18.4. The third-order valence-electron chi connectivity index (χ3n) is 10.5. The van der Waals surface area contributed by atoms with Crippen molar-refractivity contribution in [1.29, 1.82) is 0 Å². The standard InChI is InChI=1S/C52H35NO/c1-4-15-36(16-5-1)39-27-30-42(31-28-39)53(43-22-14-21-40(33-43)37-17-6-2-7-18-37)49-35-48-47-34-41(38-19-8-3-9-20-38)29-32-51(47)54-50-26-13-12-25-46(50)52(48)45-24-11-10-23-44(45)49/h1-35H. The summed E-state index contributed by atoms with van der Waals surface area (Å²) in [5, 5.41) is 2.33. The molecule has 0 aliphatic carbocycles. The van der Waals surface area contributed by atoms with Gasteiger partial charge in [0.15, 0.2) is 0 Å². The molecule has 254 valence electrons. The molecule has 54 heavy (non-hydrogen) atoms. The lowest BCUT2D eigenvalue weighted by molar-refractivity contribution is 0.488. The maximum absolute atomic E-state index is 6.80. The second kappa shape index (κ2) is 13.4. The molecular formula is C52H35NO. The van der Waals surface area contributed by atoms with E-state index in [2.05, 4.69) is 217 Å². The maximum atomic E-state index is 6.80. The van der Waals surface area contributed by atoms with Crippen LogP contribution >= 0.6 is 0 Å². The zero-order chi connectivity index (χ0) is 35.8. The lowest BCUT2D eigenvalue weighted by Crippen LogP contribution is -2.11. The van der Waals surface area contributed by atoms with Gasteiger partial charge in [0.2, 0.25) is 0 Å². The smallest absolute Gasteiger partial charge is 0.135 e. The number of hydrogen-bond donors (Lipinski definition) is 0. The number of para-hydroxylation sites is 1. The summed E-state index contributed by atoms with van der Waals surface area (Å²) in [5.74, 6) is 1.69. The van der Waals surface area contributed by atoms with Gasteiger partial charge >= 0.3 is 0 Å². The first kappa shape index (κ1) is 31.6. The normalized spacial score (nSPS) is 11.5. The molecule has 2 heteroatoms. The highest BCUT2D eigenvalue weighted by molar-refractivity contribution is 6.13. The molecule has 0 amide bonds. The fourth-order valence-electron chi connectivity index (χ4n) is 7.88. The minimum absolute atomic E-state index is 0.840. The van der Waals surface area contributed by atoms with Crippen LogP contribution in [0.3, 0.4) is 0 Å². The first-order valence-corrected chi connectivity index (χ1v) is 18.4. The molecule has 0 saturated heterocycles. The number of benzene rings is 9. The summed E-state index contributed by atoms with van der Waals surface area (Å²) in [6.45, 7) is 0. The van der Waals surface area contributed by atoms with Crippen molar-refractivity contribution in [2.24, 2.45) is 0 Å². The van der Waals surface area contributed by atoms with Crippen LogP contribution in [0.1, 0.15) is 0 Å². The van der Waals surface area contributed by atoms with Gasteiger partial charge in [-0.05, 0) is 92.9 Å². The van der Waals surface area contributed by atoms with E-state index in [0.717, 1.165) is 56.2 Å². The Hall–Kier alpha value is -7.16. The number of rotatable bonds is 6. The summed E-state index contributed by atoms with van der Waals surface area (Å²) >= 11 is 0. The second-order valence-corrected chi connectivity index (χ2v) is 13.7. The second-order valence-electron chi connectivity index (χ2n) is 13.7. The highest BCUT2D eigenvalue weighted by atomic mass is 16.5. The zero-order valence-electron chi connectivity index (χ0n) is 29.6. The average molecular weight is 690 g/mol. The molecule has 0 aromatic heterocycles. The van der Waals surface area contributed by atoms with Crippen molar-refractivity contribution in [2.45, 2.75) is 0 Å². The van der Waals surface area contributed by atoms with Crippen LogP contribution in [0.4, 0.5) is 17.1 Å². The van der Waals surface area contributed by atoms with Gasteiger partial charge in [-0.25, -0.2) is 0 Å². The van der Waals surface area contributed by atoms with E-state index in [0.29, 0.717) is 0 Å². The van der Waals surface area contributed by atoms with Gasteiger partial charge in [-0.3, -0.25) is 0 Å². The minimum Gasteiger partial charge on any atom is -0.456 e. The van der Waals surface area contributed by atoms with Crippen LogP contribution in [0, 0.1) is 0 Å². The van der Waals surface area contributed by atoms with Gasteiger partial charge in [0, 0.05) is 33.5 Å². The lowest BCUT2D eigenvalue weighted by Gasteiger charge is -2.29. The number of hydrogen-bond acceptors (Lipinski definition) is 2. The molecule has 1 aliphatic heterocycles. The van der Waals surface area contributed by atoms with E-state index in [9.17, 15) is 0 Å². The van der Waals surface area contributed by atoms with Crippen LogP contribution in [0.15, 0.2) is 212 Å². The number of nitrogens with zero attached hydrogens (tertiary/aromatic N) is 1. The molecule has 9 aromatic rings. The number of anilines is 3. The third-order valence-corrected chi connectivity index (χ3v) is 10.5. The molecular weight excluding hydrogens is 655 g/mol. The van der Waals surface area contributed by atoms with E-state index in [-0.39, 0.29) is 0 Å². The molecule has 0 bridgehead atoms. The van der Waals surface area contributed by atoms with Crippen molar-refractivity contribution in [3.05, 3.63) is 212 Å². The molecule has 0 radical (unpaired) electrons. The summed E-state index contributed by atoms with van der Waals surface area (Å²) in [6, 6.07) is 75.9. The van der Waals surface area contributed by atoms with Crippen LogP contribution in [-0.2, 0) is 0 Å². The molecule has 0 spiro atoms. The Bertz CT molecular complexity index is 2770. The fraction of sp³-hybridized carbons (Fsp3) is 0. The van der Waals surface area contributed by atoms with Crippen LogP contribution in [0.5, 0.6) is 11.5 Å². The number of ether oxygens (including phenoxy) is 1. The topological polar surface area (TPSA) is 12.5 Å². The van der Waals surface area contributed by atoms with Gasteiger partial charge in [-0.15, -0.1) is 0 Å². The van der Waals surface area contributed by atoms with Gasteiger partial charge in [0.1, 0.15) is 11.5 Å². The Morgan fingerprint density at radius 2 is 0.815 bits per heavy atom. The van der Waals surface area contributed by atoms with Crippen LogP contribution in [0.25, 0.3) is 66.4 Å². The van der Waals surface area contributed by atoms with E-state index in [4.69, 9.17) is 4.74 Å². The van der Waals surface area contributed by atoms with Gasteiger partial charge in [0.05, 0.1) is 5.69 Å². The minimum atomic E-state index is 0.840. The Morgan fingerprint density at radius 3 is 1.52 bits per heavy atom. The van der Waals surface area contributed by atoms with Crippen molar-refractivity contribution in [3.63, 3.8) is 0 Å². The highest BCUT2D eigenvalue weighted by Gasteiger charge is 2.27. The van der Waals surface area contributed by atoms with E-state index in [1.165, 1.54) is 38.8 Å². The van der Waals surface area contributed by atoms with Crippen LogP contribution < -0.4 is 9.64 Å². The predicted octanol–water partition coefficient (Wildman–Crippen LogP) is 14.8. The van der Waals surface area contributed by atoms with E-state index >= 15 is 0 Å². The van der Waals surface area contributed by atoms with E-state index < -0.39 is 0 Å². The Balaban J connectivity index is 1.26. The zero-order valence-corrected chi connectivity index (χ0v) is 29.6. The number of fused-ring (bicyclic) bond motifs is 7. The predicted molar refractivity (Wildman–Crippen MR) is 226 cm³/mol. The highest BCUT2D eigenvalue weighted by Crippen LogP contribution is 2.53. The van der Waals surface area contributed by atoms with Crippen molar-refractivity contribution >= 4 is 27.8 Å². The SMILES string of the molecule is c1ccc(-c2ccc(N(c3cccc(-c4ccccc4)c3)c3cc4c(c5ccccc35)-c3ccccc3Oc3ccc(-c5ccccc5)cc3-4)cc2)cc1. The van der Waals surface area contributed by atoms with Crippen molar-refractivity contribution in [1.82, 2.24) is 0 Å². The molecule has 9 aromatic carbocycles. The molecule has 10 rings (SSSR count). The van der Waals surface area contributed by atoms with Crippen LogP contribution in [0.2, 0.25) is 0 Å². The van der Waals surface area contributed by atoms with Crippen LogP contribution in [-0.4, -0.2) is 0 Å². The van der Waals surface area contributed by atoms with Gasteiger partial charge < -0.3 is 9.64 Å². The van der Waals surface area contributed by atoms with Crippen molar-refractivity contribution in [2.75, 3.05) is 4.90 Å². The van der Waals surface area contributed by atoms with E-state index in [1.54, 1.807) is 0 Å². The molecule has 1 heterocycles. The summed E-state index contributed by atoms with van der Waals surface area (Å²) in [4.78, 5) is 2.42. The maximum Gasteiger partial charge on any atom is 0.135 e. The molecule has 1 aliphatic rings. The Morgan fingerprint density at radius 1 is 0.296 bits per heavy atom. The van der Waals surface area contributed by atoms with E-state index in [1.807, 2.05) is 0 Å². The van der Waals surface area contributed by atoms with Crippen molar-refractivity contribution < 1.29 is 4.74 Å². The first-order chi connectivity index (χ1) is 26.8. The summed E-state index contributed by atoms with van der Waals surface area (Å²) in [6.07, 6.45) is 0. The quantitative estimate of drug-likeness (QED) is 0.172. The summed E-state index contributed by atoms with van der Waals surface area (Å²) < 4.78 is 6.80. The molecule has 0 unspecified atom stereocenters. The molecule has 0 fully saturated rings. The molecule has 0 atom stereocenters. The third kappa shape index (κ3) is 5.62. The Labute approximate surface area is 315 Å². The Kier molecular flexibility index (Phi) is 7.85. The molecule has 0 N–H and O–H groups in total. The van der Waals surface area contributed by atoms with Gasteiger partial charge in [-0.1, -0.05) is 164 Å². The van der Waals surface area contributed by atoms with Gasteiger partial charge in [0.25, 0.3) is 0 Å². The molecule has 2 nitrogen and oxygen atoms in total. The monoisotopic (exact) mass is 689 g/mol.